The molecule has 0 radical (unpaired) electrons. The van der Waals surface area contributed by atoms with Crippen molar-refractivity contribution in [1.82, 2.24) is 9.78 Å². The van der Waals surface area contributed by atoms with Gasteiger partial charge in [0.25, 0.3) is 0 Å². The smallest absolute Gasteiger partial charge is 0.138 e. The van der Waals surface area contributed by atoms with Crippen LogP contribution in [-0.2, 0) is 19.4 Å². The van der Waals surface area contributed by atoms with Crippen LogP contribution in [0, 0.1) is 17.7 Å². The number of aryl methyl sites for hydroxylation is 2. The Morgan fingerprint density at radius 1 is 1.24 bits per heavy atom. The first-order chi connectivity index (χ1) is 10.2. The number of halogens is 1. The summed E-state index contributed by atoms with van der Waals surface area (Å²) < 4.78 is 15.6. The van der Waals surface area contributed by atoms with Crippen molar-refractivity contribution in [3.63, 3.8) is 0 Å². The van der Waals surface area contributed by atoms with Crippen LogP contribution in [0.4, 0.5) is 4.39 Å². The lowest BCUT2D eigenvalue weighted by molar-refractivity contribution is 0.616. The maximum absolute atomic E-state index is 13.7. The molecule has 2 N–H and O–H groups in total. The summed E-state index contributed by atoms with van der Waals surface area (Å²) in [5.74, 6) is 5.14. The van der Waals surface area contributed by atoms with Gasteiger partial charge in [0.2, 0.25) is 0 Å². The van der Waals surface area contributed by atoms with Gasteiger partial charge in [0.1, 0.15) is 5.82 Å². The summed E-state index contributed by atoms with van der Waals surface area (Å²) in [4.78, 5) is 0. The fraction of sp³-hybridized carbons (Fsp3) is 0.353. The van der Waals surface area contributed by atoms with Crippen LogP contribution >= 0.6 is 0 Å². The molecular weight excluding hydrogens is 265 g/mol. The van der Waals surface area contributed by atoms with E-state index in [1.165, 1.54) is 11.8 Å². The van der Waals surface area contributed by atoms with Gasteiger partial charge in [0.05, 0.1) is 24.3 Å². The van der Waals surface area contributed by atoms with E-state index >= 15 is 0 Å². The molecule has 0 amide bonds. The van der Waals surface area contributed by atoms with Crippen LogP contribution in [0.2, 0.25) is 0 Å². The number of nitrogens with zero attached hydrogens (tertiary/aromatic N) is 2. The molecule has 0 aliphatic carbocycles. The van der Waals surface area contributed by atoms with Gasteiger partial charge < -0.3 is 5.73 Å². The Balaban J connectivity index is 2.29. The van der Waals surface area contributed by atoms with E-state index in [1.54, 1.807) is 12.1 Å². The molecule has 3 nitrogen and oxygen atoms in total. The van der Waals surface area contributed by atoms with Crippen molar-refractivity contribution < 1.29 is 4.39 Å². The predicted octanol–water partition coefficient (Wildman–Crippen LogP) is 2.51. The maximum atomic E-state index is 13.7. The monoisotopic (exact) mass is 285 g/mol. The number of nitrogens with two attached hydrogens (primary N) is 1. The van der Waals surface area contributed by atoms with E-state index in [-0.39, 0.29) is 12.4 Å². The van der Waals surface area contributed by atoms with E-state index < -0.39 is 0 Å². The summed E-state index contributed by atoms with van der Waals surface area (Å²) in [6.45, 7) is 5.05. The van der Waals surface area contributed by atoms with Crippen LogP contribution in [0.3, 0.4) is 0 Å². The van der Waals surface area contributed by atoms with Gasteiger partial charge in [-0.1, -0.05) is 31.8 Å². The Bertz CT molecular complexity index is 677. The van der Waals surface area contributed by atoms with Gasteiger partial charge in [-0.2, -0.15) is 5.10 Å². The van der Waals surface area contributed by atoms with Crippen LogP contribution in [0.5, 0.6) is 0 Å². The third kappa shape index (κ3) is 3.71. The summed E-state index contributed by atoms with van der Waals surface area (Å²) in [5.41, 5.74) is 8.97. The predicted molar refractivity (Wildman–Crippen MR) is 82.4 cm³/mol. The Hall–Kier alpha value is -2.12. The van der Waals surface area contributed by atoms with Gasteiger partial charge in [0, 0.05) is 5.69 Å². The van der Waals surface area contributed by atoms with Crippen molar-refractivity contribution >= 4 is 0 Å². The summed E-state index contributed by atoms with van der Waals surface area (Å²) in [7, 11) is 0. The SMILES string of the molecule is CCc1cc(CC)n(Cc2ccc(F)c(C#CCN)c2)n1. The highest BCUT2D eigenvalue weighted by molar-refractivity contribution is 5.38. The Morgan fingerprint density at radius 2 is 2.05 bits per heavy atom. The molecule has 1 aromatic carbocycles. The first kappa shape index (κ1) is 15.3. The van der Waals surface area contributed by atoms with Gasteiger partial charge in [-0.3, -0.25) is 4.68 Å². The zero-order valence-electron chi connectivity index (χ0n) is 12.5. The number of benzene rings is 1. The summed E-state index contributed by atoms with van der Waals surface area (Å²) in [5, 5.41) is 4.58. The van der Waals surface area contributed by atoms with Gasteiger partial charge in [-0.05, 0) is 36.6 Å². The molecule has 2 rings (SSSR count). The first-order valence-corrected chi connectivity index (χ1v) is 7.20. The number of rotatable bonds is 4. The lowest BCUT2D eigenvalue weighted by Gasteiger charge is -2.07. The van der Waals surface area contributed by atoms with E-state index in [0.717, 1.165) is 24.1 Å². The van der Waals surface area contributed by atoms with Crippen molar-refractivity contribution in [2.75, 3.05) is 6.54 Å². The van der Waals surface area contributed by atoms with Crippen molar-refractivity contribution in [2.24, 2.45) is 5.73 Å². The second-order valence-corrected chi connectivity index (χ2v) is 4.81. The molecule has 0 atom stereocenters. The van der Waals surface area contributed by atoms with Gasteiger partial charge in [0.15, 0.2) is 0 Å². The van der Waals surface area contributed by atoms with E-state index in [0.29, 0.717) is 12.1 Å². The average Bonchev–Trinajstić information content (AvgIpc) is 2.90. The topological polar surface area (TPSA) is 43.8 Å². The molecule has 0 saturated carbocycles. The molecule has 0 bridgehead atoms. The molecule has 1 aromatic heterocycles. The molecule has 21 heavy (non-hydrogen) atoms. The fourth-order valence-corrected chi connectivity index (χ4v) is 2.19. The van der Waals surface area contributed by atoms with E-state index in [1.807, 2.05) is 4.68 Å². The number of hydrogen-bond acceptors (Lipinski definition) is 2. The molecular formula is C17H20FN3. The highest BCUT2D eigenvalue weighted by Crippen LogP contribution is 2.13. The second-order valence-electron chi connectivity index (χ2n) is 4.81. The lowest BCUT2D eigenvalue weighted by atomic mass is 10.1. The summed E-state index contributed by atoms with van der Waals surface area (Å²) in [6, 6.07) is 7.12. The Labute approximate surface area is 125 Å². The van der Waals surface area contributed by atoms with Crippen molar-refractivity contribution in [3.8, 4) is 11.8 Å². The van der Waals surface area contributed by atoms with Crippen molar-refractivity contribution in [1.29, 1.82) is 0 Å². The van der Waals surface area contributed by atoms with Crippen LogP contribution in [0.15, 0.2) is 24.3 Å². The molecule has 0 aliphatic heterocycles. The van der Waals surface area contributed by atoms with Crippen LogP contribution in [0.25, 0.3) is 0 Å². The quantitative estimate of drug-likeness (QED) is 0.877. The zero-order valence-corrected chi connectivity index (χ0v) is 12.5. The normalized spacial score (nSPS) is 10.3. The largest absolute Gasteiger partial charge is 0.320 e. The van der Waals surface area contributed by atoms with Gasteiger partial charge in [-0.25, -0.2) is 4.39 Å². The molecule has 0 unspecified atom stereocenters. The molecule has 0 aliphatic rings. The maximum Gasteiger partial charge on any atom is 0.138 e. The standard InChI is InChI=1S/C17H20FN3/c1-3-15-11-16(4-2)21(20-15)12-13-7-8-17(18)14(10-13)6-5-9-19/h7-8,10-11H,3-4,9,12,19H2,1-2H3. The zero-order chi connectivity index (χ0) is 15.2. The second kappa shape index (κ2) is 7.05. The average molecular weight is 285 g/mol. The van der Waals surface area contributed by atoms with Gasteiger partial charge in [-0.15, -0.1) is 0 Å². The number of aromatic nitrogens is 2. The highest BCUT2D eigenvalue weighted by Gasteiger charge is 2.07. The van der Waals surface area contributed by atoms with Crippen molar-refractivity contribution in [3.05, 3.63) is 52.6 Å². The molecule has 0 saturated heterocycles. The first-order valence-electron chi connectivity index (χ1n) is 7.20. The molecule has 110 valence electrons. The van der Waals surface area contributed by atoms with Crippen molar-refractivity contribution in [2.45, 2.75) is 33.2 Å². The van der Waals surface area contributed by atoms with E-state index in [4.69, 9.17) is 5.73 Å². The van der Waals surface area contributed by atoms with Crippen LogP contribution in [-0.4, -0.2) is 16.3 Å². The molecule has 1 heterocycles. The number of hydrogen-bond donors (Lipinski definition) is 1. The van der Waals surface area contributed by atoms with E-state index in [9.17, 15) is 4.39 Å². The minimum absolute atomic E-state index is 0.225. The van der Waals surface area contributed by atoms with Gasteiger partial charge >= 0.3 is 0 Å². The molecule has 4 heteroatoms. The highest BCUT2D eigenvalue weighted by atomic mass is 19.1. The van der Waals surface area contributed by atoms with Crippen LogP contribution < -0.4 is 5.73 Å². The molecule has 2 aromatic rings. The van der Waals surface area contributed by atoms with Crippen LogP contribution in [0.1, 0.15) is 36.4 Å². The van der Waals surface area contributed by atoms with E-state index in [2.05, 4.69) is 36.9 Å². The molecule has 0 fully saturated rings. The fourth-order valence-electron chi connectivity index (χ4n) is 2.19. The Kier molecular flexibility index (Phi) is 5.13. The Morgan fingerprint density at radius 3 is 2.71 bits per heavy atom. The lowest BCUT2D eigenvalue weighted by Crippen LogP contribution is -2.06. The minimum atomic E-state index is -0.315. The third-order valence-corrected chi connectivity index (χ3v) is 3.33. The summed E-state index contributed by atoms with van der Waals surface area (Å²) in [6.07, 6.45) is 1.84. The molecule has 0 spiro atoms. The minimum Gasteiger partial charge on any atom is -0.320 e. The third-order valence-electron chi connectivity index (χ3n) is 3.33. The summed E-state index contributed by atoms with van der Waals surface area (Å²) >= 11 is 0.